The van der Waals surface area contributed by atoms with Gasteiger partial charge < -0.3 is 9.47 Å². The molecule has 1 heterocycles. The second-order valence-corrected chi connectivity index (χ2v) is 8.38. The SMILES string of the molecule is COc1ccc(OC)c2sc(N(Cc3ccccc3)C(=O)c3cc(C)cc(C)c3)nc12. The largest absolute Gasteiger partial charge is 0.495 e. The van der Waals surface area contributed by atoms with Crippen molar-refractivity contribution >= 4 is 32.6 Å². The van der Waals surface area contributed by atoms with E-state index in [0.29, 0.717) is 34.3 Å². The van der Waals surface area contributed by atoms with Gasteiger partial charge in [0.25, 0.3) is 5.91 Å². The van der Waals surface area contributed by atoms with Crippen molar-refractivity contribution < 1.29 is 14.3 Å². The van der Waals surface area contributed by atoms with Crippen molar-refractivity contribution in [2.75, 3.05) is 19.1 Å². The summed E-state index contributed by atoms with van der Waals surface area (Å²) in [4.78, 5) is 20.2. The molecule has 4 rings (SSSR count). The minimum atomic E-state index is -0.0901. The lowest BCUT2D eigenvalue weighted by molar-refractivity contribution is 0.0985. The Morgan fingerprint density at radius 1 is 0.935 bits per heavy atom. The number of carbonyl (C=O) groups excluding carboxylic acids is 1. The van der Waals surface area contributed by atoms with Crippen LogP contribution in [0.3, 0.4) is 0 Å². The molecule has 31 heavy (non-hydrogen) atoms. The molecule has 0 saturated heterocycles. The molecule has 0 saturated carbocycles. The summed E-state index contributed by atoms with van der Waals surface area (Å²) < 4.78 is 11.9. The van der Waals surface area contributed by atoms with Crippen LogP contribution in [0.25, 0.3) is 10.2 Å². The van der Waals surface area contributed by atoms with Crippen molar-refractivity contribution in [2.45, 2.75) is 20.4 Å². The van der Waals surface area contributed by atoms with E-state index in [4.69, 9.17) is 14.5 Å². The van der Waals surface area contributed by atoms with Crippen LogP contribution in [0.5, 0.6) is 11.5 Å². The number of aryl methyl sites for hydroxylation is 2. The van der Waals surface area contributed by atoms with Gasteiger partial charge in [0.2, 0.25) is 0 Å². The number of rotatable bonds is 6. The molecule has 0 radical (unpaired) electrons. The molecule has 0 atom stereocenters. The van der Waals surface area contributed by atoms with Gasteiger partial charge in [0.15, 0.2) is 5.13 Å². The zero-order valence-electron chi connectivity index (χ0n) is 18.0. The van der Waals surface area contributed by atoms with Crippen LogP contribution in [0.2, 0.25) is 0 Å². The third-order valence-electron chi connectivity index (χ3n) is 5.03. The van der Waals surface area contributed by atoms with Gasteiger partial charge in [0.1, 0.15) is 21.7 Å². The maximum absolute atomic E-state index is 13.7. The highest BCUT2D eigenvalue weighted by Crippen LogP contribution is 2.40. The van der Waals surface area contributed by atoms with E-state index < -0.39 is 0 Å². The minimum Gasteiger partial charge on any atom is -0.495 e. The average molecular weight is 433 g/mol. The molecule has 4 aromatic rings. The molecular formula is C25H24N2O3S. The van der Waals surface area contributed by atoms with Crippen molar-refractivity contribution in [1.82, 2.24) is 4.98 Å². The predicted molar refractivity (Wildman–Crippen MR) is 126 cm³/mol. The van der Waals surface area contributed by atoms with Gasteiger partial charge in [-0.25, -0.2) is 4.98 Å². The maximum Gasteiger partial charge on any atom is 0.260 e. The van der Waals surface area contributed by atoms with Crippen LogP contribution in [-0.4, -0.2) is 25.1 Å². The molecule has 0 aliphatic heterocycles. The highest BCUT2D eigenvalue weighted by molar-refractivity contribution is 7.22. The maximum atomic E-state index is 13.7. The van der Waals surface area contributed by atoms with E-state index in [2.05, 4.69) is 6.07 Å². The number of anilines is 1. The molecule has 0 bridgehead atoms. The van der Waals surface area contributed by atoms with Crippen LogP contribution in [0.1, 0.15) is 27.0 Å². The quantitative estimate of drug-likeness (QED) is 0.388. The van der Waals surface area contributed by atoms with Gasteiger partial charge in [-0.1, -0.05) is 58.9 Å². The highest BCUT2D eigenvalue weighted by atomic mass is 32.1. The Morgan fingerprint density at radius 3 is 2.23 bits per heavy atom. The first kappa shape index (κ1) is 20.9. The summed E-state index contributed by atoms with van der Waals surface area (Å²) >= 11 is 1.43. The number of methoxy groups -OCH3 is 2. The van der Waals surface area contributed by atoms with Gasteiger partial charge in [0, 0.05) is 5.56 Å². The number of amides is 1. The zero-order valence-corrected chi connectivity index (χ0v) is 18.8. The second kappa shape index (κ2) is 8.78. The molecule has 3 aromatic carbocycles. The van der Waals surface area contributed by atoms with E-state index in [1.54, 1.807) is 19.1 Å². The van der Waals surface area contributed by atoms with Crippen LogP contribution in [0.4, 0.5) is 5.13 Å². The topological polar surface area (TPSA) is 51.7 Å². The highest BCUT2D eigenvalue weighted by Gasteiger charge is 2.24. The molecular weight excluding hydrogens is 408 g/mol. The average Bonchev–Trinajstić information content (AvgIpc) is 3.21. The van der Waals surface area contributed by atoms with Crippen molar-refractivity contribution in [3.63, 3.8) is 0 Å². The van der Waals surface area contributed by atoms with Crippen molar-refractivity contribution in [2.24, 2.45) is 0 Å². The molecule has 1 aromatic heterocycles. The van der Waals surface area contributed by atoms with E-state index in [9.17, 15) is 4.79 Å². The van der Waals surface area contributed by atoms with E-state index in [1.165, 1.54) is 11.3 Å². The molecule has 5 nitrogen and oxygen atoms in total. The molecule has 158 valence electrons. The molecule has 0 fully saturated rings. The fraction of sp³-hybridized carbons (Fsp3) is 0.200. The van der Waals surface area contributed by atoms with Crippen molar-refractivity contribution in [3.05, 3.63) is 82.9 Å². The summed E-state index contributed by atoms with van der Waals surface area (Å²) in [5.41, 5.74) is 4.46. The fourth-order valence-corrected chi connectivity index (χ4v) is 4.71. The molecule has 1 amide bonds. The number of nitrogens with zero attached hydrogens (tertiary/aromatic N) is 2. The standard InChI is InChI=1S/C25H24N2O3S/c1-16-12-17(2)14-19(13-16)24(28)27(15-18-8-6-5-7-9-18)25-26-22-20(29-3)10-11-21(30-4)23(22)31-25/h5-14H,15H2,1-4H3. The number of benzene rings is 3. The molecule has 0 N–H and O–H groups in total. The number of fused-ring (bicyclic) bond motifs is 1. The Kier molecular flexibility index (Phi) is 5.91. The number of thiazole rings is 1. The number of carbonyl (C=O) groups is 1. The monoisotopic (exact) mass is 432 g/mol. The van der Waals surface area contributed by atoms with Gasteiger partial charge in [-0.3, -0.25) is 9.69 Å². The summed E-state index contributed by atoms with van der Waals surface area (Å²) in [5.74, 6) is 1.27. The summed E-state index contributed by atoms with van der Waals surface area (Å²) in [5, 5.41) is 0.603. The van der Waals surface area contributed by atoms with E-state index >= 15 is 0 Å². The zero-order chi connectivity index (χ0) is 22.0. The number of aromatic nitrogens is 1. The lowest BCUT2D eigenvalue weighted by Gasteiger charge is -2.20. The van der Waals surface area contributed by atoms with Crippen LogP contribution in [0, 0.1) is 13.8 Å². The smallest absolute Gasteiger partial charge is 0.260 e. The van der Waals surface area contributed by atoms with Crippen molar-refractivity contribution in [1.29, 1.82) is 0 Å². The summed E-state index contributed by atoms with van der Waals surface area (Å²) in [6, 6.07) is 19.5. The van der Waals surface area contributed by atoms with E-state index in [-0.39, 0.29) is 5.91 Å². The second-order valence-electron chi connectivity index (χ2n) is 7.40. The minimum absolute atomic E-state index is 0.0901. The van der Waals surface area contributed by atoms with Gasteiger partial charge in [-0.2, -0.15) is 0 Å². The Balaban J connectivity index is 1.85. The van der Waals surface area contributed by atoms with Gasteiger partial charge in [-0.15, -0.1) is 0 Å². The Morgan fingerprint density at radius 2 is 1.58 bits per heavy atom. The Labute approximate surface area is 185 Å². The van der Waals surface area contributed by atoms with Crippen LogP contribution < -0.4 is 14.4 Å². The van der Waals surface area contributed by atoms with Gasteiger partial charge in [0.05, 0.1) is 20.8 Å². The number of ether oxygens (including phenoxy) is 2. The van der Waals surface area contributed by atoms with Crippen LogP contribution in [0.15, 0.2) is 60.7 Å². The van der Waals surface area contributed by atoms with E-state index in [0.717, 1.165) is 21.4 Å². The number of hydrogen-bond acceptors (Lipinski definition) is 5. The lowest BCUT2D eigenvalue weighted by Crippen LogP contribution is -2.30. The molecule has 0 unspecified atom stereocenters. The first-order valence-electron chi connectivity index (χ1n) is 9.95. The summed E-state index contributed by atoms with van der Waals surface area (Å²) in [7, 11) is 3.24. The third kappa shape index (κ3) is 4.25. The molecule has 6 heteroatoms. The normalized spacial score (nSPS) is 10.8. The van der Waals surface area contributed by atoms with E-state index in [1.807, 2.05) is 68.4 Å². The summed E-state index contributed by atoms with van der Waals surface area (Å²) in [6.07, 6.45) is 0. The van der Waals surface area contributed by atoms with Crippen LogP contribution in [-0.2, 0) is 6.54 Å². The Hall–Kier alpha value is -3.38. The first-order valence-corrected chi connectivity index (χ1v) is 10.8. The molecule has 0 aliphatic carbocycles. The third-order valence-corrected chi connectivity index (χ3v) is 6.12. The van der Waals surface area contributed by atoms with Gasteiger partial charge in [-0.05, 0) is 43.7 Å². The first-order chi connectivity index (χ1) is 15.0. The molecule has 0 spiro atoms. The van der Waals surface area contributed by atoms with Gasteiger partial charge >= 0.3 is 0 Å². The molecule has 0 aliphatic rings. The van der Waals surface area contributed by atoms with Crippen LogP contribution >= 0.6 is 11.3 Å². The summed E-state index contributed by atoms with van der Waals surface area (Å²) in [6.45, 7) is 4.41. The Bertz CT molecular complexity index is 1170. The predicted octanol–water partition coefficient (Wildman–Crippen LogP) is 5.78. The fourth-order valence-electron chi connectivity index (χ4n) is 3.64. The lowest BCUT2D eigenvalue weighted by atomic mass is 10.1. The number of hydrogen-bond donors (Lipinski definition) is 0. The van der Waals surface area contributed by atoms with Crippen molar-refractivity contribution in [3.8, 4) is 11.5 Å².